The van der Waals surface area contributed by atoms with Crippen molar-refractivity contribution in [1.29, 1.82) is 0 Å². The molecule has 1 aliphatic rings. The summed E-state index contributed by atoms with van der Waals surface area (Å²) in [5.74, 6) is 0.808. The molecule has 4 rings (SSSR count). The summed E-state index contributed by atoms with van der Waals surface area (Å²) < 4.78 is 10.8. The van der Waals surface area contributed by atoms with Crippen LogP contribution in [0.5, 0.6) is 5.75 Å². The van der Waals surface area contributed by atoms with Gasteiger partial charge in [-0.1, -0.05) is 7.43 Å². The normalized spacial score (nSPS) is 13.6. The number of carbonyl (C=O) groups is 2. The van der Waals surface area contributed by atoms with Crippen LogP contribution in [0, 0.1) is 5.92 Å². The Kier molecular flexibility index (Phi) is 9.44. The van der Waals surface area contributed by atoms with Crippen LogP contribution in [0.3, 0.4) is 0 Å². The molecule has 0 bridgehead atoms. The summed E-state index contributed by atoms with van der Waals surface area (Å²) in [6.07, 6.45) is 7.56. The van der Waals surface area contributed by atoms with E-state index in [1.807, 2.05) is 30.3 Å². The highest BCUT2D eigenvalue weighted by Gasteiger charge is 2.25. The number of aryl methyl sites for hydroxylation is 1. The number of methoxy groups -OCH3 is 1. The number of nitrogen functional groups attached to an aromatic ring is 1. The lowest BCUT2D eigenvalue weighted by Crippen LogP contribution is -2.41. The molecule has 0 spiro atoms. The third kappa shape index (κ3) is 6.62. The Hall–Kier alpha value is -3.88. The van der Waals surface area contributed by atoms with Crippen LogP contribution >= 0.6 is 0 Å². The van der Waals surface area contributed by atoms with E-state index in [1.165, 1.54) is 7.11 Å². The minimum atomic E-state index is -0.285. The van der Waals surface area contributed by atoms with Crippen LogP contribution in [0.15, 0.2) is 48.9 Å². The predicted octanol–water partition coefficient (Wildman–Crippen LogP) is 3.37. The average Bonchev–Trinajstić information content (AvgIpc) is 2.90. The number of anilines is 2. The summed E-state index contributed by atoms with van der Waals surface area (Å²) in [4.78, 5) is 34.8. The third-order valence-electron chi connectivity index (χ3n) is 6.35. The molecule has 1 saturated heterocycles. The number of benzene rings is 1. The van der Waals surface area contributed by atoms with Gasteiger partial charge in [-0.15, -0.1) is 0 Å². The van der Waals surface area contributed by atoms with Crippen LogP contribution in [0.25, 0.3) is 10.8 Å². The van der Waals surface area contributed by atoms with Gasteiger partial charge < -0.3 is 25.4 Å². The number of nitrogens with zero attached hydrogens (tertiary/aromatic N) is 3. The molecular weight excluding hydrogens is 458 g/mol. The second kappa shape index (κ2) is 12.7. The number of ether oxygens (including phenoxy) is 2. The SMILES string of the molecule is C.COC(=O)CCc1cc2ccnc(N)c2cc1OCCNC(=O)C1CCN(c2ccncc2)CC1. The molecule has 9 nitrogen and oxygen atoms in total. The first-order valence-corrected chi connectivity index (χ1v) is 11.8. The van der Waals surface area contributed by atoms with Gasteiger partial charge in [-0.05, 0) is 60.5 Å². The number of aromatic nitrogens is 2. The molecule has 3 heterocycles. The Bertz CT molecular complexity index is 1160. The van der Waals surface area contributed by atoms with Gasteiger partial charge in [-0.3, -0.25) is 14.6 Å². The zero-order chi connectivity index (χ0) is 24.6. The maximum absolute atomic E-state index is 12.7. The van der Waals surface area contributed by atoms with Crippen LogP contribution in [-0.2, 0) is 20.7 Å². The monoisotopic (exact) mass is 493 g/mol. The summed E-state index contributed by atoms with van der Waals surface area (Å²) in [6.45, 7) is 2.38. The van der Waals surface area contributed by atoms with Crippen LogP contribution in [0.1, 0.15) is 32.3 Å². The molecule has 9 heteroatoms. The number of pyridine rings is 2. The van der Waals surface area contributed by atoms with E-state index in [0.29, 0.717) is 31.1 Å². The van der Waals surface area contributed by atoms with E-state index in [2.05, 4.69) is 20.2 Å². The molecular formula is C27H35N5O4. The number of amides is 1. The standard InChI is InChI=1S/C26H31N5O4.CH4/c1-34-24(32)3-2-20-16-19-4-11-29-25(27)22(19)17-23(20)35-15-12-30-26(33)18-7-13-31(14-8-18)21-5-9-28-10-6-21;/h4-6,9-11,16-18H,2-3,7-8,12-15H2,1H3,(H2,27,29)(H,30,33);1H4. The fourth-order valence-corrected chi connectivity index (χ4v) is 4.37. The quantitative estimate of drug-likeness (QED) is 0.344. The average molecular weight is 494 g/mol. The minimum absolute atomic E-state index is 0. The van der Waals surface area contributed by atoms with Crippen LogP contribution in [0.4, 0.5) is 11.5 Å². The first kappa shape index (κ1) is 26.7. The van der Waals surface area contributed by atoms with Crippen molar-refractivity contribution >= 4 is 34.2 Å². The van der Waals surface area contributed by atoms with Crippen LogP contribution in [0.2, 0.25) is 0 Å². The second-order valence-corrected chi connectivity index (χ2v) is 8.56. The lowest BCUT2D eigenvalue weighted by Gasteiger charge is -2.32. The first-order chi connectivity index (χ1) is 17.0. The maximum Gasteiger partial charge on any atom is 0.305 e. The summed E-state index contributed by atoms with van der Waals surface area (Å²) in [7, 11) is 1.37. The zero-order valence-corrected chi connectivity index (χ0v) is 19.9. The van der Waals surface area contributed by atoms with Gasteiger partial charge >= 0.3 is 5.97 Å². The van der Waals surface area contributed by atoms with E-state index in [4.69, 9.17) is 15.2 Å². The highest BCUT2D eigenvalue weighted by molar-refractivity contribution is 5.92. The molecule has 1 amide bonds. The number of hydrogen-bond acceptors (Lipinski definition) is 8. The molecule has 1 aromatic carbocycles. The van der Waals surface area contributed by atoms with Gasteiger partial charge in [0.25, 0.3) is 0 Å². The van der Waals surface area contributed by atoms with Gasteiger partial charge in [0, 0.05) is 55.1 Å². The zero-order valence-electron chi connectivity index (χ0n) is 19.9. The van der Waals surface area contributed by atoms with Crippen molar-refractivity contribution in [2.24, 2.45) is 5.92 Å². The van der Waals surface area contributed by atoms with E-state index < -0.39 is 0 Å². The third-order valence-corrected chi connectivity index (χ3v) is 6.35. The smallest absolute Gasteiger partial charge is 0.305 e. The van der Waals surface area contributed by atoms with E-state index in [1.54, 1.807) is 18.6 Å². The fourth-order valence-electron chi connectivity index (χ4n) is 4.37. The van der Waals surface area contributed by atoms with Crippen molar-refractivity contribution in [2.75, 3.05) is 44.0 Å². The molecule has 0 unspecified atom stereocenters. The van der Waals surface area contributed by atoms with Crippen molar-refractivity contribution in [3.05, 3.63) is 54.5 Å². The van der Waals surface area contributed by atoms with E-state index in [9.17, 15) is 9.59 Å². The molecule has 0 aliphatic carbocycles. The summed E-state index contributed by atoms with van der Waals surface area (Å²) in [5.41, 5.74) is 8.06. The van der Waals surface area contributed by atoms with Crippen molar-refractivity contribution < 1.29 is 19.1 Å². The summed E-state index contributed by atoms with van der Waals surface area (Å²) in [5, 5.41) is 4.71. The lowest BCUT2D eigenvalue weighted by atomic mass is 9.95. The molecule has 0 saturated carbocycles. The van der Waals surface area contributed by atoms with Gasteiger partial charge in [0.2, 0.25) is 5.91 Å². The molecule has 36 heavy (non-hydrogen) atoms. The Morgan fingerprint density at radius 1 is 1.14 bits per heavy atom. The molecule has 3 aromatic rings. The van der Waals surface area contributed by atoms with Crippen molar-refractivity contribution in [1.82, 2.24) is 15.3 Å². The fraction of sp³-hybridized carbons (Fsp3) is 0.407. The summed E-state index contributed by atoms with van der Waals surface area (Å²) >= 11 is 0. The van der Waals surface area contributed by atoms with E-state index >= 15 is 0 Å². The molecule has 0 atom stereocenters. The van der Waals surface area contributed by atoms with Gasteiger partial charge in [0.1, 0.15) is 18.2 Å². The van der Waals surface area contributed by atoms with E-state index in [0.717, 1.165) is 48.0 Å². The van der Waals surface area contributed by atoms with Crippen molar-refractivity contribution in [2.45, 2.75) is 33.1 Å². The number of fused-ring (bicyclic) bond motifs is 1. The van der Waals surface area contributed by atoms with Gasteiger partial charge in [-0.2, -0.15) is 0 Å². The highest BCUT2D eigenvalue weighted by atomic mass is 16.5. The van der Waals surface area contributed by atoms with Crippen molar-refractivity contribution in [3.63, 3.8) is 0 Å². The minimum Gasteiger partial charge on any atom is -0.491 e. The molecule has 3 N–H and O–H groups in total. The van der Waals surface area contributed by atoms with Crippen molar-refractivity contribution in [3.8, 4) is 5.75 Å². The largest absolute Gasteiger partial charge is 0.491 e. The second-order valence-electron chi connectivity index (χ2n) is 8.56. The Morgan fingerprint density at radius 3 is 2.61 bits per heavy atom. The highest BCUT2D eigenvalue weighted by Crippen LogP contribution is 2.30. The molecule has 1 aliphatic heterocycles. The molecule has 1 fully saturated rings. The number of esters is 1. The van der Waals surface area contributed by atoms with Gasteiger partial charge in [-0.25, -0.2) is 4.98 Å². The predicted molar refractivity (Wildman–Crippen MR) is 141 cm³/mol. The number of hydrogen-bond donors (Lipinski definition) is 2. The number of piperidine rings is 1. The van der Waals surface area contributed by atoms with Gasteiger partial charge in [0.15, 0.2) is 0 Å². The Morgan fingerprint density at radius 2 is 1.89 bits per heavy atom. The summed E-state index contributed by atoms with van der Waals surface area (Å²) in [6, 6.07) is 9.67. The van der Waals surface area contributed by atoms with Crippen LogP contribution in [-0.4, -0.2) is 55.2 Å². The van der Waals surface area contributed by atoms with E-state index in [-0.39, 0.29) is 31.6 Å². The number of nitrogens with two attached hydrogens (primary N) is 1. The number of carbonyl (C=O) groups excluding carboxylic acids is 2. The topological polar surface area (TPSA) is 120 Å². The first-order valence-electron chi connectivity index (χ1n) is 11.8. The Balaban J connectivity index is 0.00000361. The molecule has 2 aromatic heterocycles. The Labute approximate surface area is 212 Å². The van der Waals surface area contributed by atoms with Crippen LogP contribution < -0.4 is 20.7 Å². The maximum atomic E-state index is 12.7. The van der Waals surface area contributed by atoms with Gasteiger partial charge in [0.05, 0.1) is 13.7 Å². The number of nitrogens with one attached hydrogen (secondary N) is 1. The number of rotatable bonds is 9. The lowest BCUT2D eigenvalue weighted by molar-refractivity contribution is -0.140. The molecule has 0 radical (unpaired) electrons. The molecule has 192 valence electrons.